The van der Waals surface area contributed by atoms with Crippen LogP contribution in [0.1, 0.15) is 0 Å². The van der Waals surface area contributed by atoms with Crippen molar-refractivity contribution in [3.63, 3.8) is 0 Å². The second-order valence-corrected chi connectivity index (χ2v) is 6.96. The lowest BCUT2D eigenvalue weighted by atomic mass is 10.1. The van der Waals surface area contributed by atoms with E-state index in [1.165, 1.54) is 10.8 Å². The van der Waals surface area contributed by atoms with Gasteiger partial charge in [0.2, 0.25) is 0 Å². The molecule has 1 N–H and O–H groups in total. The lowest BCUT2D eigenvalue weighted by Crippen LogP contribution is -2.30. The van der Waals surface area contributed by atoms with E-state index in [1.807, 2.05) is 71.6 Å². The number of fused-ring (bicyclic) bond motifs is 1. The van der Waals surface area contributed by atoms with Gasteiger partial charge in [0, 0.05) is 22.1 Å². The molecule has 0 saturated heterocycles. The van der Waals surface area contributed by atoms with Gasteiger partial charge in [-0.2, -0.15) is 0 Å². The summed E-state index contributed by atoms with van der Waals surface area (Å²) in [7, 11) is 0. The summed E-state index contributed by atoms with van der Waals surface area (Å²) in [6.07, 6.45) is 0. The molecule has 0 radical (unpaired) electrons. The fraction of sp³-hybridized carbons (Fsp3) is 0. The molecule has 27 heavy (non-hydrogen) atoms. The first-order chi connectivity index (χ1) is 13.2. The molecule has 0 fully saturated rings. The Kier molecular flexibility index (Phi) is 5.05. The number of hydrogen-bond donors (Lipinski definition) is 1. The first kappa shape index (κ1) is 17.5. The molecule has 132 valence electrons. The topological polar surface area (TPSA) is 15.3 Å². The molecule has 0 heterocycles. The van der Waals surface area contributed by atoms with Gasteiger partial charge >= 0.3 is 0 Å². The molecule has 0 bridgehead atoms. The molecule has 4 aromatic carbocycles. The fourth-order valence-electron chi connectivity index (χ4n) is 2.99. The summed E-state index contributed by atoms with van der Waals surface area (Å²) in [6, 6.07) is 32.3. The zero-order valence-corrected chi connectivity index (χ0v) is 16.0. The number of rotatable bonds is 3. The van der Waals surface area contributed by atoms with Crippen LogP contribution >= 0.6 is 23.8 Å². The van der Waals surface area contributed by atoms with Crippen LogP contribution in [0.5, 0.6) is 0 Å². The maximum Gasteiger partial charge on any atom is 0.182 e. The van der Waals surface area contributed by atoms with E-state index in [-0.39, 0.29) is 0 Å². The Morgan fingerprint density at radius 1 is 0.704 bits per heavy atom. The average molecular weight is 389 g/mol. The van der Waals surface area contributed by atoms with Gasteiger partial charge in [-0.15, -0.1) is 0 Å². The molecule has 0 aliphatic rings. The van der Waals surface area contributed by atoms with Crippen molar-refractivity contribution in [3.05, 3.63) is 102 Å². The van der Waals surface area contributed by atoms with Crippen molar-refractivity contribution in [1.82, 2.24) is 0 Å². The molecule has 0 aliphatic carbocycles. The van der Waals surface area contributed by atoms with Crippen LogP contribution in [0.4, 0.5) is 17.1 Å². The van der Waals surface area contributed by atoms with Crippen LogP contribution in [0.25, 0.3) is 10.8 Å². The molecule has 0 atom stereocenters. The molecule has 2 nitrogen and oxygen atoms in total. The summed E-state index contributed by atoms with van der Waals surface area (Å²) in [5.41, 5.74) is 2.90. The number of nitrogens with zero attached hydrogens (tertiary/aromatic N) is 1. The summed E-state index contributed by atoms with van der Waals surface area (Å²) in [6.45, 7) is 0. The van der Waals surface area contributed by atoms with Crippen LogP contribution in [0.3, 0.4) is 0 Å². The predicted octanol–water partition coefficient (Wildman–Crippen LogP) is 7.03. The fourth-order valence-corrected chi connectivity index (χ4v) is 3.44. The molecule has 0 aromatic heterocycles. The maximum atomic E-state index is 5.99. The van der Waals surface area contributed by atoms with Crippen molar-refractivity contribution in [2.45, 2.75) is 0 Å². The second kappa shape index (κ2) is 7.78. The van der Waals surface area contributed by atoms with Gasteiger partial charge < -0.3 is 5.32 Å². The number of anilines is 3. The SMILES string of the molecule is S=C(Nc1ccc(Cl)cc1)N(c1ccccc1)c1ccc2ccccc2c1. The molecule has 0 aliphatic heterocycles. The van der Waals surface area contributed by atoms with Gasteiger partial charge in [0.05, 0.1) is 0 Å². The van der Waals surface area contributed by atoms with E-state index in [0.717, 1.165) is 17.1 Å². The highest BCUT2D eigenvalue weighted by Crippen LogP contribution is 2.29. The Morgan fingerprint density at radius 3 is 2.11 bits per heavy atom. The van der Waals surface area contributed by atoms with Crippen molar-refractivity contribution < 1.29 is 0 Å². The number of benzene rings is 4. The summed E-state index contributed by atoms with van der Waals surface area (Å²) >= 11 is 11.7. The van der Waals surface area contributed by atoms with Crippen molar-refractivity contribution in [3.8, 4) is 0 Å². The predicted molar refractivity (Wildman–Crippen MR) is 120 cm³/mol. The van der Waals surface area contributed by atoms with E-state index in [9.17, 15) is 0 Å². The van der Waals surface area contributed by atoms with Crippen molar-refractivity contribution in [1.29, 1.82) is 0 Å². The highest BCUT2D eigenvalue weighted by Gasteiger charge is 2.15. The van der Waals surface area contributed by atoms with E-state index < -0.39 is 0 Å². The van der Waals surface area contributed by atoms with Crippen LogP contribution in [-0.2, 0) is 0 Å². The molecule has 4 heteroatoms. The van der Waals surface area contributed by atoms with Crippen molar-refractivity contribution >= 4 is 56.8 Å². The largest absolute Gasteiger partial charge is 0.332 e. The third-order valence-electron chi connectivity index (χ3n) is 4.30. The zero-order valence-electron chi connectivity index (χ0n) is 14.5. The minimum atomic E-state index is 0.596. The number of nitrogens with one attached hydrogen (secondary N) is 1. The molecular formula is C23H17ClN2S. The third-order valence-corrected chi connectivity index (χ3v) is 4.84. The smallest absolute Gasteiger partial charge is 0.182 e. The van der Waals surface area contributed by atoms with Crippen molar-refractivity contribution in [2.75, 3.05) is 10.2 Å². The lowest BCUT2D eigenvalue weighted by Gasteiger charge is -2.26. The van der Waals surface area contributed by atoms with E-state index in [2.05, 4.69) is 35.6 Å². The highest BCUT2D eigenvalue weighted by atomic mass is 35.5. The molecule has 0 spiro atoms. The summed E-state index contributed by atoms with van der Waals surface area (Å²) < 4.78 is 0. The monoisotopic (exact) mass is 388 g/mol. The molecule has 0 unspecified atom stereocenters. The Balaban J connectivity index is 1.74. The van der Waals surface area contributed by atoms with Crippen LogP contribution in [0.15, 0.2) is 97.1 Å². The van der Waals surface area contributed by atoms with E-state index in [4.69, 9.17) is 23.8 Å². The van der Waals surface area contributed by atoms with Gasteiger partial charge in [-0.1, -0.05) is 60.1 Å². The standard InChI is InChI=1S/C23H17ClN2S/c24-19-11-13-20(14-12-19)25-23(27)26(21-8-2-1-3-9-21)22-15-10-17-6-4-5-7-18(17)16-22/h1-16H,(H,25,27). The van der Waals surface area contributed by atoms with Gasteiger partial charge in [0.1, 0.15) is 0 Å². The average Bonchev–Trinajstić information content (AvgIpc) is 2.71. The lowest BCUT2D eigenvalue weighted by molar-refractivity contribution is 1.36. The summed E-state index contributed by atoms with van der Waals surface area (Å²) in [5.74, 6) is 0. The molecule has 4 aromatic rings. The van der Waals surface area contributed by atoms with Gasteiger partial charge in [0.25, 0.3) is 0 Å². The van der Waals surface area contributed by atoms with Gasteiger partial charge in [-0.05, 0) is 71.5 Å². The summed E-state index contributed by atoms with van der Waals surface area (Å²) in [5, 5.41) is 6.98. The van der Waals surface area contributed by atoms with Crippen molar-refractivity contribution in [2.24, 2.45) is 0 Å². The first-order valence-corrected chi connectivity index (χ1v) is 9.40. The Hall–Kier alpha value is -2.88. The highest BCUT2D eigenvalue weighted by molar-refractivity contribution is 7.80. The number of halogens is 1. The molecular weight excluding hydrogens is 372 g/mol. The minimum absolute atomic E-state index is 0.596. The van der Waals surface area contributed by atoms with Crippen LogP contribution in [0, 0.1) is 0 Å². The van der Waals surface area contributed by atoms with E-state index >= 15 is 0 Å². The molecule has 0 saturated carbocycles. The minimum Gasteiger partial charge on any atom is -0.332 e. The van der Waals surface area contributed by atoms with Crippen LogP contribution < -0.4 is 10.2 Å². The normalized spacial score (nSPS) is 10.6. The maximum absolute atomic E-state index is 5.99. The second-order valence-electron chi connectivity index (χ2n) is 6.14. The Morgan fingerprint density at radius 2 is 1.37 bits per heavy atom. The Labute approximate surface area is 169 Å². The van der Waals surface area contributed by atoms with Gasteiger partial charge in [-0.25, -0.2) is 0 Å². The number of hydrogen-bond acceptors (Lipinski definition) is 1. The van der Waals surface area contributed by atoms with Crippen LogP contribution in [-0.4, -0.2) is 5.11 Å². The Bertz CT molecular complexity index is 1080. The first-order valence-electron chi connectivity index (χ1n) is 8.61. The molecule has 0 amide bonds. The van der Waals surface area contributed by atoms with Gasteiger partial charge in [0.15, 0.2) is 5.11 Å². The zero-order chi connectivity index (χ0) is 18.6. The van der Waals surface area contributed by atoms with E-state index in [1.54, 1.807) is 0 Å². The number of thiocarbonyl (C=S) groups is 1. The third kappa shape index (κ3) is 3.95. The molecule has 4 rings (SSSR count). The summed E-state index contributed by atoms with van der Waals surface area (Å²) in [4.78, 5) is 2.04. The van der Waals surface area contributed by atoms with Crippen LogP contribution in [0.2, 0.25) is 5.02 Å². The number of para-hydroxylation sites is 1. The van der Waals surface area contributed by atoms with Gasteiger partial charge in [-0.3, -0.25) is 4.90 Å². The van der Waals surface area contributed by atoms with E-state index in [0.29, 0.717) is 10.1 Å². The quantitative estimate of drug-likeness (QED) is 0.379.